The number of ether oxygens (including phenoxy) is 1. The summed E-state index contributed by atoms with van der Waals surface area (Å²) in [6.45, 7) is 2.13. The molecular weight excluding hydrogens is 180 g/mol. The Kier molecular flexibility index (Phi) is 3.97. The number of hydrogen-bond acceptors (Lipinski definition) is 3. The minimum Gasteiger partial charge on any atom is -0.466 e. The van der Waals surface area contributed by atoms with Crippen LogP contribution in [0.2, 0.25) is 0 Å². The average Bonchev–Trinajstić information content (AvgIpc) is 2.49. The van der Waals surface area contributed by atoms with Crippen LogP contribution in [-0.2, 0) is 9.53 Å². The summed E-state index contributed by atoms with van der Waals surface area (Å²) in [7, 11) is 0. The highest BCUT2D eigenvalue weighted by Gasteiger charge is 2.39. The Balaban J connectivity index is 2.51. The van der Waals surface area contributed by atoms with Crippen molar-refractivity contribution in [2.75, 3.05) is 6.61 Å². The van der Waals surface area contributed by atoms with Crippen LogP contribution in [0.4, 0.5) is 0 Å². The Labute approximate surface area is 84.5 Å². The first-order valence-electron chi connectivity index (χ1n) is 4.98. The van der Waals surface area contributed by atoms with E-state index in [0.717, 1.165) is 6.42 Å². The number of aliphatic hydroxyl groups is 1. The minimum atomic E-state index is -0.620. The van der Waals surface area contributed by atoms with Gasteiger partial charge in [0.15, 0.2) is 0 Å². The van der Waals surface area contributed by atoms with Crippen molar-refractivity contribution < 1.29 is 14.6 Å². The van der Waals surface area contributed by atoms with Crippen molar-refractivity contribution in [3.8, 4) is 12.3 Å². The quantitative estimate of drug-likeness (QED) is 0.540. The van der Waals surface area contributed by atoms with Crippen LogP contribution in [0.5, 0.6) is 0 Å². The van der Waals surface area contributed by atoms with Gasteiger partial charge in [0.1, 0.15) is 0 Å². The van der Waals surface area contributed by atoms with Gasteiger partial charge in [0, 0.05) is 6.42 Å². The topological polar surface area (TPSA) is 46.5 Å². The summed E-state index contributed by atoms with van der Waals surface area (Å²) in [5, 5.41) is 9.78. The largest absolute Gasteiger partial charge is 0.466 e. The van der Waals surface area contributed by atoms with Crippen LogP contribution < -0.4 is 0 Å². The van der Waals surface area contributed by atoms with Crippen molar-refractivity contribution in [3.05, 3.63) is 0 Å². The summed E-state index contributed by atoms with van der Waals surface area (Å²) in [6, 6.07) is 0. The normalized spacial score (nSPS) is 31.1. The molecule has 3 heteroatoms. The smallest absolute Gasteiger partial charge is 0.311 e. The lowest BCUT2D eigenvalue weighted by Gasteiger charge is -2.16. The number of rotatable bonds is 3. The second kappa shape index (κ2) is 5.02. The van der Waals surface area contributed by atoms with Crippen molar-refractivity contribution in [3.63, 3.8) is 0 Å². The Hall–Kier alpha value is -1.01. The molecule has 1 rings (SSSR count). The zero-order chi connectivity index (χ0) is 10.6. The Morgan fingerprint density at radius 2 is 2.36 bits per heavy atom. The highest BCUT2D eigenvalue weighted by atomic mass is 16.5. The molecule has 0 heterocycles. The molecule has 78 valence electrons. The van der Waals surface area contributed by atoms with Gasteiger partial charge in [0.2, 0.25) is 0 Å². The summed E-state index contributed by atoms with van der Waals surface area (Å²) in [4.78, 5) is 11.4. The van der Waals surface area contributed by atoms with Gasteiger partial charge in [0.05, 0.1) is 18.6 Å². The van der Waals surface area contributed by atoms with Gasteiger partial charge in [0.25, 0.3) is 0 Å². The molecular formula is C11H16O3. The Bertz CT molecular complexity index is 241. The van der Waals surface area contributed by atoms with Crippen LogP contribution in [0.1, 0.15) is 26.2 Å². The number of carbonyl (C=O) groups excluding carboxylic acids is 1. The van der Waals surface area contributed by atoms with Crippen LogP contribution in [0.15, 0.2) is 0 Å². The molecule has 1 fully saturated rings. The molecule has 14 heavy (non-hydrogen) atoms. The fraction of sp³-hybridized carbons (Fsp3) is 0.727. The zero-order valence-corrected chi connectivity index (χ0v) is 8.40. The molecule has 1 saturated carbocycles. The summed E-state index contributed by atoms with van der Waals surface area (Å²) in [5.74, 6) is 1.92. The third kappa shape index (κ3) is 2.27. The van der Waals surface area contributed by atoms with Crippen molar-refractivity contribution in [2.24, 2.45) is 11.8 Å². The maximum Gasteiger partial charge on any atom is 0.311 e. The number of carbonyl (C=O) groups is 1. The molecule has 1 aliphatic rings. The lowest BCUT2D eigenvalue weighted by atomic mass is 9.98. The fourth-order valence-corrected chi connectivity index (χ4v) is 1.94. The molecule has 0 amide bonds. The van der Waals surface area contributed by atoms with Crippen LogP contribution in [-0.4, -0.2) is 23.8 Å². The van der Waals surface area contributed by atoms with E-state index in [-0.39, 0.29) is 17.8 Å². The van der Waals surface area contributed by atoms with Crippen molar-refractivity contribution >= 4 is 5.97 Å². The molecule has 0 spiro atoms. The van der Waals surface area contributed by atoms with Gasteiger partial charge in [-0.3, -0.25) is 4.79 Å². The third-order valence-electron chi connectivity index (χ3n) is 2.71. The number of aliphatic hydroxyl groups excluding tert-OH is 1. The van der Waals surface area contributed by atoms with E-state index >= 15 is 0 Å². The van der Waals surface area contributed by atoms with Gasteiger partial charge in [-0.2, -0.15) is 0 Å². The lowest BCUT2D eigenvalue weighted by Crippen LogP contribution is -2.28. The first-order valence-corrected chi connectivity index (χ1v) is 4.98. The summed E-state index contributed by atoms with van der Waals surface area (Å²) >= 11 is 0. The molecule has 0 saturated heterocycles. The Morgan fingerprint density at radius 1 is 1.64 bits per heavy atom. The monoisotopic (exact) mass is 196 g/mol. The predicted octanol–water partition coefficient (Wildman–Crippen LogP) is 0.960. The predicted molar refractivity (Wildman–Crippen MR) is 52.3 cm³/mol. The van der Waals surface area contributed by atoms with Gasteiger partial charge >= 0.3 is 5.97 Å². The molecule has 0 aliphatic heterocycles. The highest BCUT2D eigenvalue weighted by Crippen LogP contribution is 2.33. The van der Waals surface area contributed by atoms with E-state index in [1.165, 1.54) is 0 Å². The average molecular weight is 196 g/mol. The van der Waals surface area contributed by atoms with E-state index in [0.29, 0.717) is 19.4 Å². The summed E-state index contributed by atoms with van der Waals surface area (Å²) < 4.78 is 4.87. The molecule has 0 radical (unpaired) electrons. The zero-order valence-electron chi connectivity index (χ0n) is 8.40. The van der Waals surface area contributed by atoms with E-state index < -0.39 is 6.10 Å². The maximum atomic E-state index is 11.4. The van der Waals surface area contributed by atoms with Gasteiger partial charge in [-0.05, 0) is 25.7 Å². The Morgan fingerprint density at radius 3 is 2.93 bits per heavy atom. The first-order chi connectivity index (χ1) is 6.70. The second-order valence-electron chi connectivity index (χ2n) is 3.59. The van der Waals surface area contributed by atoms with Crippen molar-refractivity contribution in [1.29, 1.82) is 0 Å². The van der Waals surface area contributed by atoms with Gasteiger partial charge in [-0.15, -0.1) is 12.3 Å². The van der Waals surface area contributed by atoms with E-state index in [2.05, 4.69) is 5.92 Å². The number of esters is 1. The van der Waals surface area contributed by atoms with Gasteiger partial charge in [-0.1, -0.05) is 0 Å². The van der Waals surface area contributed by atoms with Crippen molar-refractivity contribution in [1.82, 2.24) is 0 Å². The molecule has 0 aromatic carbocycles. The van der Waals surface area contributed by atoms with Crippen LogP contribution in [0.3, 0.4) is 0 Å². The van der Waals surface area contributed by atoms with Crippen molar-refractivity contribution in [2.45, 2.75) is 32.3 Å². The van der Waals surface area contributed by atoms with Gasteiger partial charge in [-0.25, -0.2) is 0 Å². The molecule has 3 atom stereocenters. The van der Waals surface area contributed by atoms with E-state index in [9.17, 15) is 9.90 Å². The van der Waals surface area contributed by atoms with Crippen LogP contribution in [0, 0.1) is 24.2 Å². The maximum absolute atomic E-state index is 11.4. The first kappa shape index (κ1) is 11.1. The molecule has 3 unspecified atom stereocenters. The summed E-state index contributed by atoms with van der Waals surface area (Å²) in [5.41, 5.74) is 0. The number of hydrogen-bond donors (Lipinski definition) is 1. The third-order valence-corrected chi connectivity index (χ3v) is 2.71. The molecule has 1 N–H and O–H groups in total. The standard InChI is InChI=1S/C11H16O3/c1-3-5-8-6-7-9(10(8)12)11(13)14-4-2/h1,8-10,12H,4-7H2,2H3. The molecule has 0 bridgehead atoms. The fourth-order valence-electron chi connectivity index (χ4n) is 1.94. The second-order valence-corrected chi connectivity index (χ2v) is 3.59. The van der Waals surface area contributed by atoms with Gasteiger partial charge < -0.3 is 9.84 Å². The highest BCUT2D eigenvalue weighted by molar-refractivity contribution is 5.73. The SMILES string of the molecule is C#CCC1CCC(C(=O)OCC)C1O. The number of terminal acetylenes is 1. The van der Waals surface area contributed by atoms with Crippen LogP contribution in [0.25, 0.3) is 0 Å². The molecule has 1 aliphatic carbocycles. The lowest BCUT2D eigenvalue weighted by molar-refractivity contribution is -0.151. The molecule has 3 nitrogen and oxygen atoms in total. The molecule has 0 aromatic heterocycles. The minimum absolute atomic E-state index is 0.0643. The summed E-state index contributed by atoms with van der Waals surface area (Å²) in [6.07, 6.45) is 6.59. The van der Waals surface area contributed by atoms with E-state index in [1.807, 2.05) is 0 Å². The molecule has 0 aromatic rings. The van der Waals surface area contributed by atoms with Crippen LogP contribution >= 0.6 is 0 Å². The van der Waals surface area contributed by atoms with E-state index in [4.69, 9.17) is 11.2 Å². The van der Waals surface area contributed by atoms with E-state index in [1.54, 1.807) is 6.92 Å².